The van der Waals surface area contributed by atoms with E-state index in [1.165, 1.54) is 16.7 Å². The van der Waals surface area contributed by atoms with Crippen LogP contribution in [0.4, 0.5) is 0 Å². The van der Waals surface area contributed by atoms with Gasteiger partial charge in [-0.05, 0) is 48.7 Å². The molecule has 0 amide bonds. The average molecular weight is 320 g/mol. The van der Waals surface area contributed by atoms with E-state index in [-0.39, 0.29) is 6.61 Å². The Balaban J connectivity index is 2.00. The van der Waals surface area contributed by atoms with Gasteiger partial charge in [-0.15, -0.1) is 0 Å². The molecule has 0 atom stereocenters. The predicted molar refractivity (Wildman–Crippen MR) is 90.5 cm³/mol. The molecule has 0 unspecified atom stereocenters. The zero-order chi connectivity index (χ0) is 15.9. The van der Waals surface area contributed by atoms with E-state index in [9.17, 15) is 0 Å². The Morgan fingerprint density at radius 1 is 1.09 bits per heavy atom. The molecule has 0 aromatic heterocycles. The van der Waals surface area contributed by atoms with Crippen LogP contribution in [-0.2, 0) is 13.1 Å². The van der Waals surface area contributed by atoms with Crippen LogP contribution in [0.5, 0.6) is 5.75 Å². The van der Waals surface area contributed by atoms with Crippen LogP contribution in [0.15, 0.2) is 36.4 Å². The fourth-order valence-electron chi connectivity index (χ4n) is 2.49. The standard InChI is InChI=1S/C18H22ClNO2/c1-13-9-16(19)10-14(2)17(13)12-20-11-15-5-3-4-6-18(15)22-8-7-21/h3-6,9-10,20-21H,7-8,11-12H2,1-2H3. The second-order valence-electron chi connectivity index (χ2n) is 5.30. The molecule has 2 N–H and O–H groups in total. The topological polar surface area (TPSA) is 41.5 Å². The van der Waals surface area contributed by atoms with E-state index in [1.54, 1.807) is 0 Å². The van der Waals surface area contributed by atoms with Gasteiger partial charge in [-0.1, -0.05) is 29.8 Å². The van der Waals surface area contributed by atoms with Gasteiger partial charge >= 0.3 is 0 Å². The van der Waals surface area contributed by atoms with Crippen LogP contribution < -0.4 is 10.1 Å². The van der Waals surface area contributed by atoms with Gasteiger partial charge in [-0.25, -0.2) is 0 Å². The number of aliphatic hydroxyl groups is 1. The van der Waals surface area contributed by atoms with Gasteiger partial charge in [0.1, 0.15) is 12.4 Å². The summed E-state index contributed by atoms with van der Waals surface area (Å²) in [6.45, 7) is 5.98. The third-order valence-corrected chi connectivity index (χ3v) is 3.82. The maximum atomic E-state index is 8.88. The van der Waals surface area contributed by atoms with Crippen LogP contribution in [0.3, 0.4) is 0 Å². The summed E-state index contributed by atoms with van der Waals surface area (Å²) < 4.78 is 5.54. The molecule has 2 aromatic rings. The Morgan fingerprint density at radius 3 is 2.45 bits per heavy atom. The van der Waals surface area contributed by atoms with Crippen molar-refractivity contribution in [2.75, 3.05) is 13.2 Å². The SMILES string of the molecule is Cc1cc(Cl)cc(C)c1CNCc1ccccc1OCCO. The molecule has 0 bridgehead atoms. The van der Waals surface area contributed by atoms with Crippen molar-refractivity contribution in [3.63, 3.8) is 0 Å². The Labute approximate surface area is 136 Å². The molecule has 3 nitrogen and oxygen atoms in total. The summed E-state index contributed by atoms with van der Waals surface area (Å²) >= 11 is 6.06. The number of aryl methyl sites for hydroxylation is 2. The van der Waals surface area contributed by atoms with Gasteiger partial charge in [-0.3, -0.25) is 0 Å². The molecule has 118 valence electrons. The van der Waals surface area contributed by atoms with Gasteiger partial charge in [0.2, 0.25) is 0 Å². The first kappa shape index (κ1) is 16.8. The molecule has 0 aliphatic carbocycles. The summed E-state index contributed by atoms with van der Waals surface area (Å²) in [6, 6.07) is 11.9. The minimum absolute atomic E-state index is 0.0188. The van der Waals surface area contributed by atoms with E-state index in [2.05, 4.69) is 19.2 Å². The number of hydrogen-bond acceptors (Lipinski definition) is 3. The van der Waals surface area contributed by atoms with E-state index in [1.807, 2.05) is 36.4 Å². The quantitative estimate of drug-likeness (QED) is 0.819. The first-order valence-corrected chi connectivity index (χ1v) is 7.77. The van der Waals surface area contributed by atoms with E-state index < -0.39 is 0 Å². The summed E-state index contributed by atoms with van der Waals surface area (Å²) in [4.78, 5) is 0. The molecule has 0 radical (unpaired) electrons. The first-order valence-electron chi connectivity index (χ1n) is 7.39. The second-order valence-corrected chi connectivity index (χ2v) is 5.74. The number of rotatable bonds is 7. The zero-order valence-electron chi connectivity index (χ0n) is 13.0. The molecule has 0 spiro atoms. The summed E-state index contributed by atoms with van der Waals surface area (Å²) in [6.07, 6.45) is 0. The Bertz CT molecular complexity index is 605. The fraction of sp³-hybridized carbons (Fsp3) is 0.333. The van der Waals surface area contributed by atoms with Gasteiger partial charge in [0.25, 0.3) is 0 Å². The van der Waals surface area contributed by atoms with Crippen molar-refractivity contribution in [2.24, 2.45) is 0 Å². The van der Waals surface area contributed by atoms with Gasteiger partial charge in [-0.2, -0.15) is 0 Å². The number of halogens is 1. The Morgan fingerprint density at radius 2 is 1.77 bits per heavy atom. The molecule has 0 aliphatic rings. The van der Waals surface area contributed by atoms with E-state index in [4.69, 9.17) is 21.4 Å². The Hall–Kier alpha value is -1.55. The normalized spacial score (nSPS) is 10.7. The zero-order valence-corrected chi connectivity index (χ0v) is 13.8. The highest BCUT2D eigenvalue weighted by Crippen LogP contribution is 2.21. The lowest BCUT2D eigenvalue weighted by atomic mass is 10.0. The van der Waals surface area contributed by atoms with Crippen LogP contribution in [0.1, 0.15) is 22.3 Å². The van der Waals surface area contributed by atoms with Crippen molar-refractivity contribution in [3.8, 4) is 5.75 Å². The van der Waals surface area contributed by atoms with Crippen LogP contribution in [0.25, 0.3) is 0 Å². The summed E-state index contributed by atoms with van der Waals surface area (Å²) in [7, 11) is 0. The van der Waals surface area contributed by atoms with E-state index in [0.29, 0.717) is 13.2 Å². The smallest absolute Gasteiger partial charge is 0.123 e. The van der Waals surface area contributed by atoms with Crippen LogP contribution in [-0.4, -0.2) is 18.3 Å². The largest absolute Gasteiger partial charge is 0.491 e. The molecule has 0 saturated carbocycles. The van der Waals surface area contributed by atoms with Crippen molar-refractivity contribution in [3.05, 3.63) is 63.7 Å². The molecule has 0 heterocycles. The second kappa shape index (κ2) is 8.18. The van der Waals surface area contributed by atoms with Crippen molar-refractivity contribution in [2.45, 2.75) is 26.9 Å². The predicted octanol–water partition coefficient (Wildman–Crippen LogP) is 3.62. The van der Waals surface area contributed by atoms with Gasteiger partial charge in [0, 0.05) is 23.7 Å². The van der Waals surface area contributed by atoms with E-state index >= 15 is 0 Å². The van der Waals surface area contributed by atoms with Crippen LogP contribution in [0.2, 0.25) is 5.02 Å². The molecule has 2 aromatic carbocycles. The third-order valence-electron chi connectivity index (χ3n) is 3.60. The molecular formula is C18H22ClNO2. The molecule has 22 heavy (non-hydrogen) atoms. The molecular weight excluding hydrogens is 298 g/mol. The molecule has 0 saturated heterocycles. The highest BCUT2D eigenvalue weighted by Gasteiger charge is 2.06. The number of hydrogen-bond donors (Lipinski definition) is 2. The molecule has 2 rings (SSSR count). The highest BCUT2D eigenvalue weighted by atomic mass is 35.5. The van der Waals surface area contributed by atoms with Crippen molar-refractivity contribution < 1.29 is 9.84 Å². The monoisotopic (exact) mass is 319 g/mol. The number of benzene rings is 2. The van der Waals surface area contributed by atoms with Crippen LogP contribution in [0, 0.1) is 13.8 Å². The summed E-state index contributed by atoms with van der Waals surface area (Å²) in [5, 5.41) is 13.1. The minimum Gasteiger partial charge on any atom is -0.491 e. The highest BCUT2D eigenvalue weighted by molar-refractivity contribution is 6.30. The fourth-order valence-corrected chi connectivity index (χ4v) is 2.82. The first-order chi connectivity index (χ1) is 10.6. The van der Waals surface area contributed by atoms with Gasteiger partial charge < -0.3 is 15.2 Å². The lowest BCUT2D eigenvalue weighted by molar-refractivity contribution is 0.200. The van der Waals surface area contributed by atoms with Gasteiger partial charge in [0.15, 0.2) is 0 Å². The van der Waals surface area contributed by atoms with Gasteiger partial charge in [0.05, 0.1) is 6.61 Å². The molecule has 0 aliphatic heterocycles. The Kier molecular flexibility index (Phi) is 6.25. The summed E-state index contributed by atoms with van der Waals surface area (Å²) in [5.74, 6) is 0.814. The van der Waals surface area contributed by atoms with Crippen LogP contribution >= 0.6 is 11.6 Å². The van der Waals surface area contributed by atoms with Crippen molar-refractivity contribution in [1.82, 2.24) is 5.32 Å². The van der Waals surface area contributed by atoms with E-state index in [0.717, 1.165) is 22.9 Å². The summed E-state index contributed by atoms with van der Waals surface area (Å²) in [5.41, 5.74) is 4.75. The maximum absolute atomic E-state index is 8.88. The number of nitrogens with one attached hydrogen (secondary N) is 1. The van der Waals surface area contributed by atoms with Crippen molar-refractivity contribution in [1.29, 1.82) is 0 Å². The minimum atomic E-state index is 0.0188. The molecule has 0 fully saturated rings. The molecule has 4 heteroatoms. The van der Waals surface area contributed by atoms with Crippen molar-refractivity contribution >= 4 is 11.6 Å². The number of aliphatic hydroxyl groups excluding tert-OH is 1. The number of ether oxygens (including phenoxy) is 1. The average Bonchev–Trinajstić information content (AvgIpc) is 2.48. The lowest BCUT2D eigenvalue weighted by Crippen LogP contribution is -2.15. The number of para-hydroxylation sites is 1. The maximum Gasteiger partial charge on any atom is 0.123 e. The lowest BCUT2D eigenvalue weighted by Gasteiger charge is -2.14. The third kappa shape index (κ3) is 4.47.